The summed E-state index contributed by atoms with van der Waals surface area (Å²) in [6.07, 6.45) is 8.29. The van der Waals surface area contributed by atoms with Gasteiger partial charge in [0, 0.05) is 35.5 Å². The molecule has 1 aromatic carbocycles. The average Bonchev–Trinajstić information content (AvgIpc) is 3.52. The van der Waals surface area contributed by atoms with Gasteiger partial charge in [-0.05, 0) is 37.8 Å². The fourth-order valence-electron chi connectivity index (χ4n) is 4.62. The molecule has 0 saturated carbocycles. The number of carbonyl (C=O) groups excluding carboxylic acids is 1. The molecule has 5 rings (SSSR count). The molecule has 0 saturated heterocycles. The standard InChI is InChI=1S/C27H28FN7O4S/c1-40(37,38)13-5-12-39-23-15-31-27(33-26(23)32-21-10-11-30-14-19(21)25(29)36)24-18-7-4-9-22(18)35(34-24)16-17-6-2-3-8-20(17)28/h2-3,6,8,10-11,14-15H,4-5,7,9,12-13,16H2,1H3,(H2,29,36)(H,30,31,32,33). The second-order valence-corrected chi connectivity index (χ2v) is 11.8. The maximum absolute atomic E-state index is 14.4. The van der Waals surface area contributed by atoms with Crippen LogP contribution >= 0.6 is 0 Å². The summed E-state index contributed by atoms with van der Waals surface area (Å²) < 4.78 is 45.0. The summed E-state index contributed by atoms with van der Waals surface area (Å²) in [6.45, 7) is 0.386. The fraction of sp³-hybridized carbons (Fsp3) is 0.296. The Morgan fingerprint density at radius 2 is 2.02 bits per heavy atom. The van der Waals surface area contributed by atoms with Gasteiger partial charge < -0.3 is 15.8 Å². The van der Waals surface area contributed by atoms with E-state index < -0.39 is 15.7 Å². The van der Waals surface area contributed by atoms with E-state index in [1.165, 1.54) is 24.7 Å². The number of pyridine rings is 1. The molecule has 1 aliphatic rings. The number of nitrogens with two attached hydrogens (primary N) is 1. The maximum atomic E-state index is 14.4. The minimum Gasteiger partial charge on any atom is -0.488 e. The van der Waals surface area contributed by atoms with Crippen molar-refractivity contribution >= 4 is 27.2 Å². The predicted molar refractivity (Wildman–Crippen MR) is 147 cm³/mol. The average molecular weight is 566 g/mol. The summed E-state index contributed by atoms with van der Waals surface area (Å²) in [6, 6.07) is 8.18. The first kappa shape index (κ1) is 27.2. The van der Waals surface area contributed by atoms with Crippen LogP contribution in [0.15, 0.2) is 48.9 Å². The van der Waals surface area contributed by atoms with Crippen LogP contribution in [0.1, 0.15) is 40.0 Å². The Hall–Kier alpha value is -4.39. The van der Waals surface area contributed by atoms with Crippen molar-refractivity contribution < 1.29 is 22.3 Å². The van der Waals surface area contributed by atoms with Crippen LogP contribution in [0.5, 0.6) is 5.75 Å². The van der Waals surface area contributed by atoms with Gasteiger partial charge in [-0.25, -0.2) is 22.8 Å². The van der Waals surface area contributed by atoms with E-state index in [0.29, 0.717) is 22.8 Å². The van der Waals surface area contributed by atoms with Gasteiger partial charge >= 0.3 is 0 Å². The largest absolute Gasteiger partial charge is 0.488 e. The molecule has 1 amide bonds. The Labute approximate surface area is 230 Å². The summed E-state index contributed by atoms with van der Waals surface area (Å²) in [5.41, 5.74) is 9.18. The molecule has 0 spiro atoms. The summed E-state index contributed by atoms with van der Waals surface area (Å²) in [5.74, 6) is -0.179. The molecule has 11 nitrogen and oxygen atoms in total. The molecule has 0 radical (unpaired) electrons. The summed E-state index contributed by atoms with van der Waals surface area (Å²) in [7, 11) is -3.14. The van der Waals surface area contributed by atoms with Crippen LogP contribution < -0.4 is 15.8 Å². The van der Waals surface area contributed by atoms with Crippen molar-refractivity contribution in [3.05, 3.63) is 77.1 Å². The van der Waals surface area contributed by atoms with Crippen molar-refractivity contribution in [2.45, 2.75) is 32.2 Å². The first-order chi connectivity index (χ1) is 19.2. The molecule has 0 fully saturated rings. The molecule has 1 aliphatic carbocycles. The number of halogens is 1. The number of carbonyl (C=O) groups is 1. The lowest BCUT2D eigenvalue weighted by Crippen LogP contribution is -2.14. The van der Waals surface area contributed by atoms with Crippen molar-refractivity contribution in [3.8, 4) is 17.3 Å². The van der Waals surface area contributed by atoms with E-state index in [9.17, 15) is 17.6 Å². The van der Waals surface area contributed by atoms with E-state index in [4.69, 9.17) is 20.6 Å². The molecule has 0 atom stereocenters. The predicted octanol–water partition coefficient (Wildman–Crippen LogP) is 3.07. The Morgan fingerprint density at radius 1 is 1.20 bits per heavy atom. The van der Waals surface area contributed by atoms with Crippen LogP contribution in [0, 0.1) is 5.82 Å². The van der Waals surface area contributed by atoms with Crippen LogP contribution in [0.2, 0.25) is 0 Å². The van der Waals surface area contributed by atoms with E-state index in [2.05, 4.69) is 15.3 Å². The maximum Gasteiger partial charge on any atom is 0.252 e. The number of benzene rings is 1. The van der Waals surface area contributed by atoms with Crippen LogP contribution in [-0.2, 0) is 29.2 Å². The number of hydrogen-bond donors (Lipinski definition) is 2. The van der Waals surface area contributed by atoms with Gasteiger partial charge in [0.2, 0.25) is 0 Å². The molecular formula is C27H28FN7O4S. The van der Waals surface area contributed by atoms with Crippen LogP contribution in [-0.4, -0.2) is 57.7 Å². The van der Waals surface area contributed by atoms with E-state index >= 15 is 0 Å². The van der Waals surface area contributed by atoms with E-state index in [0.717, 1.165) is 36.8 Å². The van der Waals surface area contributed by atoms with E-state index in [1.807, 2.05) is 0 Å². The number of primary amides is 1. The Kier molecular flexibility index (Phi) is 7.74. The Balaban J connectivity index is 1.50. The van der Waals surface area contributed by atoms with Crippen molar-refractivity contribution in [2.24, 2.45) is 5.73 Å². The first-order valence-corrected chi connectivity index (χ1v) is 14.8. The van der Waals surface area contributed by atoms with Crippen LogP contribution in [0.25, 0.3) is 11.5 Å². The van der Waals surface area contributed by atoms with Gasteiger partial charge in [-0.3, -0.25) is 14.5 Å². The quantitative estimate of drug-likeness (QED) is 0.261. The summed E-state index contributed by atoms with van der Waals surface area (Å²) in [5, 5.41) is 7.86. The van der Waals surface area contributed by atoms with Gasteiger partial charge in [-0.2, -0.15) is 5.10 Å². The van der Waals surface area contributed by atoms with Gasteiger partial charge in [0.1, 0.15) is 21.3 Å². The van der Waals surface area contributed by atoms with Gasteiger partial charge in [0.05, 0.1) is 36.4 Å². The number of hydrogen-bond acceptors (Lipinski definition) is 9. The fourth-order valence-corrected chi connectivity index (χ4v) is 5.26. The topological polar surface area (TPSA) is 155 Å². The zero-order valence-electron chi connectivity index (χ0n) is 21.8. The van der Waals surface area contributed by atoms with Crippen molar-refractivity contribution in [1.29, 1.82) is 0 Å². The zero-order valence-corrected chi connectivity index (χ0v) is 22.6. The second kappa shape index (κ2) is 11.4. The number of nitrogens with one attached hydrogen (secondary N) is 1. The van der Waals surface area contributed by atoms with Crippen molar-refractivity contribution in [3.63, 3.8) is 0 Å². The lowest BCUT2D eigenvalue weighted by molar-refractivity contribution is 0.100. The second-order valence-electron chi connectivity index (χ2n) is 9.53. The highest BCUT2D eigenvalue weighted by Gasteiger charge is 2.26. The molecule has 40 heavy (non-hydrogen) atoms. The van der Waals surface area contributed by atoms with Gasteiger partial charge in [0.25, 0.3) is 5.91 Å². The molecule has 3 aromatic heterocycles. The molecular weight excluding hydrogens is 537 g/mol. The minimum absolute atomic E-state index is 0.0313. The van der Waals surface area contributed by atoms with Crippen LogP contribution in [0.4, 0.5) is 15.9 Å². The molecule has 208 valence electrons. The highest BCUT2D eigenvalue weighted by Crippen LogP contribution is 2.34. The molecule has 0 aliphatic heterocycles. The van der Waals surface area contributed by atoms with E-state index in [-0.39, 0.29) is 48.3 Å². The monoisotopic (exact) mass is 565 g/mol. The van der Waals surface area contributed by atoms with Gasteiger partial charge in [-0.15, -0.1) is 0 Å². The van der Waals surface area contributed by atoms with Crippen molar-refractivity contribution in [2.75, 3.05) is 23.9 Å². The molecule has 3 heterocycles. The SMILES string of the molecule is CS(=O)(=O)CCCOc1cnc(-c2nn(Cc3ccccc3F)c3c2CCC3)nc1Nc1ccncc1C(N)=O. The zero-order chi connectivity index (χ0) is 28.3. The molecule has 3 N–H and O–H groups in total. The normalized spacial score (nSPS) is 12.8. The first-order valence-electron chi connectivity index (χ1n) is 12.7. The number of ether oxygens (including phenoxy) is 1. The van der Waals surface area contributed by atoms with E-state index in [1.54, 1.807) is 28.9 Å². The Morgan fingerprint density at radius 3 is 2.80 bits per heavy atom. The van der Waals surface area contributed by atoms with Gasteiger partial charge in [0.15, 0.2) is 17.4 Å². The summed E-state index contributed by atoms with van der Waals surface area (Å²) >= 11 is 0. The third-order valence-electron chi connectivity index (χ3n) is 6.51. The summed E-state index contributed by atoms with van der Waals surface area (Å²) in [4.78, 5) is 25.1. The van der Waals surface area contributed by atoms with Gasteiger partial charge in [-0.1, -0.05) is 18.2 Å². The highest BCUT2D eigenvalue weighted by atomic mass is 32.2. The number of amides is 1. The number of anilines is 2. The third kappa shape index (κ3) is 6.09. The number of aromatic nitrogens is 5. The third-order valence-corrected chi connectivity index (χ3v) is 7.54. The molecule has 13 heteroatoms. The lowest BCUT2D eigenvalue weighted by Gasteiger charge is -2.14. The smallest absolute Gasteiger partial charge is 0.252 e. The van der Waals surface area contributed by atoms with Crippen LogP contribution in [0.3, 0.4) is 0 Å². The van der Waals surface area contributed by atoms with Crippen molar-refractivity contribution in [1.82, 2.24) is 24.7 Å². The Bertz CT molecular complexity index is 1670. The molecule has 0 unspecified atom stereocenters. The number of sulfone groups is 1. The molecule has 0 bridgehead atoms. The number of nitrogens with zero attached hydrogens (tertiary/aromatic N) is 5. The highest BCUT2D eigenvalue weighted by molar-refractivity contribution is 7.90. The number of rotatable bonds is 11. The lowest BCUT2D eigenvalue weighted by atomic mass is 10.2. The number of fused-ring (bicyclic) bond motifs is 1. The minimum atomic E-state index is -3.14. The molecule has 4 aromatic rings.